The Hall–Kier alpha value is -2.48. The second-order valence-electron chi connectivity index (χ2n) is 9.29. The lowest BCUT2D eigenvalue weighted by atomic mass is 9.95. The number of amides is 1. The van der Waals surface area contributed by atoms with E-state index in [1.165, 1.54) is 12.0 Å². The third-order valence-electron chi connectivity index (χ3n) is 5.74. The number of hydrogen-bond acceptors (Lipinski definition) is 6. The zero-order valence-corrected chi connectivity index (χ0v) is 24.8. The summed E-state index contributed by atoms with van der Waals surface area (Å²) >= 11 is 0. The first-order chi connectivity index (χ1) is 17.7. The van der Waals surface area contributed by atoms with Crippen LogP contribution in [-0.2, 0) is 16.1 Å². The molecule has 0 atom stereocenters. The highest BCUT2D eigenvalue weighted by molar-refractivity contribution is 6.10. The number of piperidine rings is 1. The Morgan fingerprint density at radius 3 is 2.30 bits per heavy atom. The molecule has 0 radical (unpaired) electrons. The molecule has 1 aromatic carbocycles. The number of benzene rings is 1. The number of nitrogens with two attached hydrogens (primary N) is 1. The van der Waals surface area contributed by atoms with Gasteiger partial charge in [-0.1, -0.05) is 65.0 Å². The van der Waals surface area contributed by atoms with E-state index in [1.54, 1.807) is 12.0 Å². The number of nitrogens with zero attached hydrogens (tertiary/aromatic N) is 4. The summed E-state index contributed by atoms with van der Waals surface area (Å²) in [6, 6.07) is 8.55. The molecule has 1 fully saturated rings. The Kier molecular flexibility index (Phi) is 19.2. The van der Waals surface area contributed by atoms with Crippen molar-refractivity contribution in [1.29, 1.82) is 0 Å². The topological polar surface area (TPSA) is 74.4 Å². The van der Waals surface area contributed by atoms with Gasteiger partial charge in [-0.15, -0.1) is 0 Å². The van der Waals surface area contributed by atoms with Gasteiger partial charge in [0, 0.05) is 53.0 Å². The smallest absolute Gasteiger partial charge is 0.225 e. The minimum atomic E-state index is 0.109. The van der Waals surface area contributed by atoms with Crippen molar-refractivity contribution in [1.82, 2.24) is 14.7 Å². The van der Waals surface area contributed by atoms with Crippen LogP contribution in [0.5, 0.6) is 0 Å². The molecule has 1 aliphatic rings. The number of methoxy groups -OCH3 is 1. The van der Waals surface area contributed by atoms with E-state index in [0.717, 1.165) is 62.5 Å². The zero-order valence-electron chi connectivity index (χ0n) is 24.8. The number of ether oxygens (including phenoxy) is 1. The lowest BCUT2D eigenvalue weighted by Crippen LogP contribution is -2.39. The predicted molar refractivity (Wildman–Crippen MR) is 159 cm³/mol. The molecule has 7 nitrogen and oxygen atoms in total. The fourth-order valence-corrected chi connectivity index (χ4v) is 3.83. The van der Waals surface area contributed by atoms with Gasteiger partial charge in [-0.3, -0.25) is 9.69 Å². The van der Waals surface area contributed by atoms with Crippen LogP contribution in [0.1, 0.15) is 65.0 Å². The summed E-state index contributed by atoms with van der Waals surface area (Å²) in [5, 5.41) is 0. The van der Waals surface area contributed by atoms with E-state index >= 15 is 0 Å². The summed E-state index contributed by atoms with van der Waals surface area (Å²) in [6.07, 6.45) is 6.91. The molecule has 0 saturated carbocycles. The van der Waals surface area contributed by atoms with Crippen molar-refractivity contribution in [2.75, 3.05) is 54.1 Å². The Bertz CT molecular complexity index is 825. The average Bonchev–Trinajstić information content (AvgIpc) is 2.89. The monoisotopic (exact) mass is 515 g/mol. The summed E-state index contributed by atoms with van der Waals surface area (Å²) in [4.78, 5) is 22.9. The molecule has 0 spiro atoms. The molecule has 0 bridgehead atoms. The van der Waals surface area contributed by atoms with Crippen LogP contribution in [0.3, 0.4) is 0 Å². The van der Waals surface area contributed by atoms with Gasteiger partial charge in [0.15, 0.2) is 0 Å². The fraction of sp³-hybridized carbons (Fsp3) is 0.600. The van der Waals surface area contributed by atoms with Crippen molar-refractivity contribution >= 4 is 17.7 Å². The molecule has 37 heavy (non-hydrogen) atoms. The van der Waals surface area contributed by atoms with Crippen LogP contribution in [0.2, 0.25) is 0 Å². The van der Waals surface area contributed by atoms with Gasteiger partial charge in [0.05, 0.1) is 6.73 Å². The van der Waals surface area contributed by atoms with Gasteiger partial charge in [-0.05, 0) is 55.6 Å². The molecular formula is C30H53N5O2. The summed E-state index contributed by atoms with van der Waals surface area (Å²) in [5.74, 6) is 1.08. The van der Waals surface area contributed by atoms with E-state index in [9.17, 15) is 4.79 Å². The Morgan fingerprint density at radius 2 is 1.81 bits per heavy atom. The van der Waals surface area contributed by atoms with Crippen LogP contribution in [0, 0.1) is 5.92 Å². The first kappa shape index (κ1) is 34.5. The summed E-state index contributed by atoms with van der Waals surface area (Å²) in [6.45, 7) is 19.3. The second kappa shape index (κ2) is 20.6. The fourth-order valence-electron chi connectivity index (χ4n) is 3.83. The second-order valence-corrected chi connectivity index (χ2v) is 9.29. The molecule has 1 saturated heterocycles. The first-order valence-corrected chi connectivity index (χ1v) is 13.6. The molecule has 7 heteroatoms. The maximum atomic E-state index is 12.2. The minimum absolute atomic E-state index is 0.109. The number of carbonyl (C=O) groups excluding carboxylic acids is 1. The van der Waals surface area contributed by atoms with E-state index in [1.807, 2.05) is 34.2 Å². The van der Waals surface area contributed by atoms with Crippen molar-refractivity contribution in [3.63, 3.8) is 0 Å². The summed E-state index contributed by atoms with van der Waals surface area (Å²) in [7, 11) is 5.37. The molecule has 210 valence electrons. The van der Waals surface area contributed by atoms with Crippen molar-refractivity contribution in [2.24, 2.45) is 16.6 Å². The molecule has 1 aromatic rings. The zero-order chi connectivity index (χ0) is 28.2. The van der Waals surface area contributed by atoms with Crippen molar-refractivity contribution in [3.8, 4) is 0 Å². The van der Waals surface area contributed by atoms with Crippen LogP contribution in [-0.4, -0.2) is 80.9 Å². The Balaban J connectivity index is 0.00000196. The predicted octanol–water partition coefficient (Wildman–Crippen LogP) is 5.24. The van der Waals surface area contributed by atoms with E-state index in [0.29, 0.717) is 6.73 Å². The molecular weight excluding hydrogens is 462 g/mol. The SMILES string of the molecule is C=C(/N=C\C(=C/C)c1cccc(CN(CC)COC)c1)N1CCC(C(=O)N(C)C)CC1.CCC.CCN. The molecule has 2 N–H and O–H groups in total. The van der Waals surface area contributed by atoms with Gasteiger partial charge in [0.25, 0.3) is 0 Å². The summed E-state index contributed by atoms with van der Waals surface area (Å²) in [5.41, 5.74) is 8.30. The normalized spacial score (nSPS) is 14.1. The lowest BCUT2D eigenvalue weighted by molar-refractivity contribution is -0.134. The third-order valence-corrected chi connectivity index (χ3v) is 5.74. The van der Waals surface area contributed by atoms with Crippen molar-refractivity contribution in [3.05, 3.63) is 53.9 Å². The quantitative estimate of drug-likeness (QED) is 0.341. The number of hydrogen-bond donors (Lipinski definition) is 1. The van der Waals surface area contributed by atoms with E-state index in [2.05, 4.69) is 72.5 Å². The molecule has 1 heterocycles. The molecule has 1 aliphatic heterocycles. The Morgan fingerprint density at radius 1 is 1.22 bits per heavy atom. The van der Waals surface area contributed by atoms with Crippen LogP contribution in [0.15, 0.2) is 47.7 Å². The molecule has 0 unspecified atom stereocenters. The van der Waals surface area contributed by atoms with E-state index in [4.69, 9.17) is 10.5 Å². The van der Waals surface area contributed by atoms with E-state index in [-0.39, 0.29) is 11.8 Å². The van der Waals surface area contributed by atoms with Crippen molar-refractivity contribution in [2.45, 2.75) is 60.4 Å². The number of rotatable bonds is 10. The standard InChI is InChI=1S/C25H38N4O2.C3H8.C2H7N/c1-7-22(24-11-9-10-21(16-24)18-28(8-2)19-31-6)17-26-20(3)29-14-12-23(13-15-29)25(30)27(4)5;1-3-2;1-2-3/h7,9-11,16-17,23H,3,8,12-15,18-19H2,1-2,4-6H3;3H2,1-2H3;2-3H2,1H3/b22-7+,26-17-;;. The van der Waals surface area contributed by atoms with Gasteiger partial charge in [0.1, 0.15) is 5.82 Å². The molecule has 0 aliphatic carbocycles. The molecule has 2 rings (SSSR count). The molecule has 0 aromatic heterocycles. The Labute approximate surface area is 227 Å². The van der Waals surface area contributed by atoms with Gasteiger partial charge < -0.3 is 20.3 Å². The minimum Gasteiger partial charge on any atom is -0.369 e. The highest BCUT2D eigenvalue weighted by Gasteiger charge is 2.26. The van der Waals surface area contributed by atoms with Crippen LogP contribution in [0.25, 0.3) is 5.57 Å². The van der Waals surface area contributed by atoms with Gasteiger partial charge in [0.2, 0.25) is 5.91 Å². The van der Waals surface area contributed by atoms with E-state index < -0.39 is 0 Å². The van der Waals surface area contributed by atoms with Gasteiger partial charge in [-0.25, -0.2) is 4.99 Å². The average molecular weight is 516 g/mol. The number of likely N-dealkylation sites (tertiary alicyclic amines) is 1. The number of aliphatic imine (C=N–C) groups is 1. The summed E-state index contributed by atoms with van der Waals surface area (Å²) < 4.78 is 5.28. The van der Waals surface area contributed by atoms with Crippen LogP contribution in [0.4, 0.5) is 0 Å². The van der Waals surface area contributed by atoms with Crippen molar-refractivity contribution < 1.29 is 9.53 Å². The van der Waals surface area contributed by atoms with Crippen LogP contribution < -0.4 is 5.73 Å². The van der Waals surface area contributed by atoms with Gasteiger partial charge >= 0.3 is 0 Å². The maximum Gasteiger partial charge on any atom is 0.225 e. The third kappa shape index (κ3) is 13.6. The highest BCUT2D eigenvalue weighted by atomic mass is 16.5. The van der Waals surface area contributed by atoms with Gasteiger partial charge in [-0.2, -0.15) is 0 Å². The largest absolute Gasteiger partial charge is 0.369 e. The number of carbonyl (C=O) groups is 1. The maximum absolute atomic E-state index is 12.2. The first-order valence-electron chi connectivity index (χ1n) is 13.6. The lowest BCUT2D eigenvalue weighted by Gasteiger charge is -2.33. The number of allylic oxidation sites excluding steroid dienone is 2. The highest BCUT2D eigenvalue weighted by Crippen LogP contribution is 2.22. The molecule has 1 amide bonds. The van der Waals surface area contributed by atoms with Crippen LogP contribution >= 0.6 is 0 Å².